The second-order valence-electron chi connectivity index (χ2n) is 7.06. The van der Waals surface area contributed by atoms with Gasteiger partial charge in [0.15, 0.2) is 0 Å². The van der Waals surface area contributed by atoms with Gasteiger partial charge in [0.2, 0.25) is 5.91 Å². The Morgan fingerprint density at radius 1 is 1.00 bits per heavy atom. The summed E-state index contributed by atoms with van der Waals surface area (Å²) in [5.74, 6) is -1.41. The number of carbonyl (C=O) groups excluding carboxylic acids is 3. The molecule has 1 saturated heterocycles. The average Bonchev–Trinajstić information content (AvgIpc) is 3.00. The van der Waals surface area contributed by atoms with E-state index in [-0.39, 0.29) is 18.7 Å². The first-order chi connectivity index (χ1) is 15.0. The van der Waals surface area contributed by atoms with Crippen molar-refractivity contribution in [1.82, 2.24) is 9.88 Å². The molecule has 0 unspecified atom stereocenters. The summed E-state index contributed by atoms with van der Waals surface area (Å²) < 4.78 is 13.3. The van der Waals surface area contributed by atoms with E-state index in [0.717, 1.165) is 10.5 Å². The maximum absolute atomic E-state index is 13.3. The number of nitrogens with one attached hydrogen (secondary N) is 1. The summed E-state index contributed by atoms with van der Waals surface area (Å²) in [6.07, 6.45) is 2.99. The van der Waals surface area contributed by atoms with E-state index in [1.807, 2.05) is 6.07 Å². The Hall–Kier alpha value is -4.07. The van der Waals surface area contributed by atoms with Crippen LogP contribution >= 0.6 is 0 Å². The minimum Gasteiger partial charge on any atom is -0.326 e. The number of para-hydroxylation sites is 1. The molecule has 1 atom stereocenters. The van der Waals surface area contributed by atoms with Gasteiger partial charge in [0.25, 0.3) is 5.91 Å². The molecule has 0 bridgehead atoms. The zero-order valence-electron chi connectivity index (χ0n) is 16.4. The van der Waals surface area contributed by atoms with Crippen molar-refractivity contribution in [3.05, 3.63) is 90.5 Å². The second-order valence-corrected chi connectivity index (χ2v) is 7.06. The third-order valence-corrected chi connectivity index (χ3v) is 4.92. The lowest BCUT2D eigenvalue weighted by atomic mass is 10.1. The largest absolute Gasteiger partial charge is 0.332 e. The van der Waals surface area contributed by atoms with E-state index in [1.54, 1.807) is 48.8 Å². The highest BCUT2D eigenvalue weighted by molar-refractivity contribution is 6.22. The number of halogens is 1. The average molecular weight is 418 g/mol. The number of carbonyl (C=O) groups is 3. The quantitative estimate of drug-likeness (QED) is 0.621. The number of hydrogen-bond donors (Lipinski definition) is 1. The van der Waals surface area contributed by atoms with E-state index in [0.29, 0.717) is 5.69 Å². The molecule has 4 amide bonds. The van der Waals surface area contributed by atoms with Crippen LogP contribution in [0, 0.1) is 5.82 Å². The zero-order valence-corrected chi connectivity index (χ0v) is 16.4. The summed E-state index contributed by atoms with van der Waals surface area (Å²) in [5.41, 5.74) is 1.56. The van der Waals surface area contributed by atoms with Crippen molar-refractivity contribution in [3.8, 4) is 0 Å². The summed E-state index contributed by atoms with van der Waals surface area (Å²) in [4.78, 5) is 45.3. The predicted molar refractivity (Wildman–Crippen MR) is 113 cm³/mol. The molecule has 31 heavy (non-hydrogen) atoms. The summed E-state index contributed by atoms with van der Waals surface area (Å²) in [6.45, 7) is 0.111. The SMILES string of the molecule is O=C(C[C@@H]1C(=O)N(c2ccc(F)cc2)C(=O)N1Cc1cccnc1)Nc1ccccc1. The molecule has 0 aliphatic carbocycles. The van der Waals surface area contributed by atoms with E-state index in [2.05, 4.69) is 10.3 Å². The van der Waals surface area contributed by atoms with Crippen molar-refractivity contribution in [1.29, 1.82) is 0 Å². The van der Waals surface area contributed by atoms with Gasteiger partial charge >= 0.3 is 6.03 Å². The van der Waals surface area contributed by atoms with Crippen LogP contribution in [0.3, 0.4) is 0 Å². The molecule has 1 aromatic heterocycles. The number of imide groups is 1. The van der Waals surface area contributed by atoms with Crippen LogP contribution in [0.5, 0.6) is 0 Å². The van der Waals surface area contributed by atoms with Gasteiger partial charge in [-0.05, 0) is 48.0 Å². The minimum absolute atomic E-state index is 0.111. The van der Waals surface area contributed by atoms with E-state index >= 15 is 0 Å². The zero-order chi connectivity index (χ0) is 21.8. The Bertz CT molecular complexity index is 1090. The van der Waals surface area contributed by atoms with Gasteiger partial charge in [0, 0.05) is 24.6 Å². The van der Waals surface area contributed by atoms with E-state index in [4.69, 9.17) is 0 Å². The number of benzene rings is 2. The van der Waals surface area contributed by atoms with Gasteiger partial charge in [0.1, 0.15) is 11.9 Å². The fourth-order valence-electron chi connectivity index (χ4n) is 3.44. The molecule has 156 valence electrons. The predicted octanol–water partition coefficient (Wildman–Crippen LogP) is 3.59. The Kier molecular flexibility index (Phi) is 5.70. The van der Waals surface area contributed by atoms with Crippen LogP contribution in [0.4, 0.5) is 20.6 Å². The third-order valence-electron chi connectivity index (χ3n) is 4.92. The highest BCUT2D eigenvalue weighted by Crippen LogP contribution is 2.28. The smallest absolute Gasteiger partial charge is 0.326 e. The van der Waals surface area contributed by atoms with E-state index < -0.39 is 29.7 Å². The van der Waals surface area contributed by atoms with Gasteiger partial charge in [-0.25, -0.2) is 14.1 Å². The lowest BCUT2D eigenvalue weighted by Crippen LogP contribution is -2.37. The van der Waals surface area contributed by atoms with Crippen molar-refractivity contribution >= 4 is 29.2 Å². The van der Waals surface area contributed by atoms with Crippen LogP contribution in [0.1, 0.15) is 12.0 Å². The molecule has 7 nitrogen and oxygen atoms in total. The molecule has 1 aliphatic heterocycles. The van der Waals surface area contributed by atoms with Gasteiger partial charge in [-0.15, -0.1) is 0 Å². The van der Waals surface area contributed by atoms with Crippen LogP contribution in [0.25, 0.3) is 0 Å². The maximum Gasteiger partial charge on any atom is 0.332 e. The summed E-state index contributed by atoms with van der Waals surface area (Å²) in [5, 5.41) is 2.74. The lowest BCUT2D eigenvalue weighted by molar-refractivity contribution is -0.124. The Labute approximate surface area is 178 Å². The topological polar surface area (TPSA) is 82.6 Å². The summed E-state index contributed by atoms with van der Waals surface area (Å²) in [7, 11) is 0. The molecular weight excluding hydrogens is 399 g/mol. The first-order valence-corrected chi connectivity index (χ1v) is 9.67. The van der Waals surface area contributed by atoms with Crippen LogP contribution in [-0.2, 0) is 16.1 Å². The minimum atomic E-state index is -0.999. The first-order valence-electron chi connectivity index (χ1n) is 9.67. The number of aromatic nitrogens is 1. The van der Waals surface area contributed by atoms with Crippen LogP contribution in [-0.4, -0.2) is 33.8 Å². The molecule has 3 aromatic rings. The summed E-state index contributed by atoms with van der Waals surface area (Å²) >= 11 is 0. The monoisotopic (exact) mass is 418 g/mol. The number of nitrogens with zero attached hydrogens (tertiary/aromatic N) is 3. The molecule has 1 aliphatic rings. The van der Waals surface area contributed by atoms with E-state index in [9.17, 15) is 18.8 Å². The van der Waals surface area contributed by atoms with Crippen LogP contribution in [0.15, 0.2) is 79.1 Å². The Morgan fingerprint density at radius 3 is 2.42 bits per heavy atom. The van der Waals surface area contributed by atoms with Gasteiger partial charge in [-0.3, -0.25) is 14.6 Å². The lowest BCUT2D eigenvalue weighted by Gasteiger charge is -2.21. The molecule has 2 heterocycles. The molecule has 0 saturated carbocycles. The normalized spacial score (nSPS) is 16.0. The molecule has 1 N–H and O–H groups in total. The number of anilines is 2. The number of pyridine rings is 1. The highest BCUT2D eigenvalue weighted by Gasteiger charge is 2.46. The van der Waals surface area contributed by atoms with Gasteiger partial charge in [0.05, 0.1) is 12.1 Å². The molecule has 0 radical (unpaired) electrons. The Morgan fingerprint density at radius 2 is 1.74 bits per heavy atom. The molecule has 0 spiro atoms. The molecule has 8 heteroatoms. The fourth-order valence-corrected chi connectivity index (χ4v) is 3.44. The third kappa shape index (κ3) is 4.42. The van der Waals surface area contributed by atoms with Gasteiger partial charge in [-0.1, -0.05) is 24.3 Å². The molecule has 1 fully saturated rings. The van der Waals surface area contributed by atoms with E-state index in [1.165, 1.54) is 29.2 Å². The van der Waals surface area contributed by atoms with Crippen LogP contribution < -0.4 is 10.2 Å². The second kappa shape index (κ2) is 8.74. The van der Waals surface area contributed by atoms with Crippen molar-refractivity contribution in [3.63, 3.8) is 0 Å². The number of rotatable bonds is 6. The number of hydrogen-bond acceptors (Lipinski definition) is 4. The number of amides is 4. The van der Waals surface area contributed by atoms with Gasteiger partial charge < -0.3 is 10.2 Å². The van der Waals surface area contributed by atoms with Crippen molar-refractivity contribution < 1.29 is 18.8 Å². The highest BCUT2D eigenvalue weighted by atomic mass is 19.1. The number of urea groups is 1. The standard InChI is InChI=1S/C23H19FN4O3/c24-17-8-10-19(11-9-17)28-22(30)20(13-21(29)26-18-6-2-1-3-7-18)27(23(28)31)15-16-5-4-12-25-14-16/h1-12,14,20H,13,15H2,(H,26,29)/t20-/m1/s1. The van der Waals surface area contributed by atoms with Crippen molar-refractivity contribution in [2.24, 2.45) is 0 Å². The van der Waals surface area contributed by atoms with Gasteiger partial charge in [-0.2, -0.15) is 0 Å². The molecular formula is C23H19FN4O3. The Balaban J connectivity index is 1.60. The fraction of sp³-hybridized carbons (Fsp3) is 0.130. The van der Waals surface area contributed by atoms with Crippen molar-refractivity contribution in [2.45, 2.75) is 19.0 Å². The maximum atomic E-state index is 13.3. The molecule has 2 aromatic carbocycles. The van der Waals surface area contributed by atoms with Crippen LogP contribution in [0.2, 0.25) is 0 Å². The first kappa shape index (κ1) is 20.2. The van der Waals surface area contributed by atoms with Crippen molar-refractivity contribution in [2.75, 3.05) is 10.2 Å². The summed E-state index contributed by atoms with van der Waals surface area (Å²) in [6, 6.07) is 15.9. The molecule has 4 rings (SSSR count).